The van der Waals surface area contributed by atoms with Crippen LogP contribution >= 0.6 is 25.0 Å². The van der Waals surface area contributed by atoms with Crippen LogP contribution in [0, 0.1) is 5.92 Å². The predicted octanol–water partition coefficient (Wildman–Crippen LogP) is 0.386. The molecule has 3 N–H and O–H groups in total. The lowest BCUT2D eigenvalue weighted by Gasteiger charge is -2.11. The highest BCUT2D eigenvalue weighted by atomic mass is 35.5. The van der Waals surface area contributed by atoms with Crippen molar-refractivity contribution in [3.63, 3.8) is 0 Å². The molecule has 3 nitrogen and oxygen atoms in total. The number of carboxylic acid groups (broad SMARTS) is 1. The van der Waals surface area contributed by atoms with E-state index in [2.05, 4.69) is 12.6 Å². The molecule has 0 aromatic rings. The highest BCUT2D eigenvalue weighted by Crippen LogP contribution is 2.01. The predicted molar refractivity (Wildman–Crippen MR) is 45.9 cm³/mol. The molecule has 0 aromatic heterocycles. The lowest BCUT2D eigenvalue weighted by Crippen LogP contribution is -2.37. The molecule has 62 valence electrons. The Morgan fingerprint density at radius 3 is 2.30 bits per heavy atom. The van der Waals surface area contributed by atoms with E-state index in [0.29, 0.717) is 5.75 Å². The Balaban J connectivity index is 0. The molecule has 0 aliphatic carbocycles. The van der Waals surface area contributed by atoms with Crippen LogP contribution in [-0.4, -0.2) is 22.9 Å². The summed E-state index contributed by atoms with van der Waals surface area (Å²) in [6.07, 6.45) is 0. The molecule has 0 spiro atoms. The molecule has 0 fully saturated rings. The van der Waals surface area contributed by atoms with E-state index in [1.165, 1.54) is 0 Å². The first kappa shape index (κ1) is 12.7. The lowest BCUT2D eigenvalue weighted by atomic mass is 10.1. The number of halogens is 1. The third-order valence-electron chi connectivity index (χ3n) is 1.19. The smallest absolute Gasteiger partial charge is 0.320 e. The minimum Gasteiger partial charge on any atom is -0.480 e. The Kier molecular flexibility index (Phi) is 7.41. The molecule has 0 rings (SSSR count). The summed E-state index contributed by atoms with van der Waals surface area (Å²) in [5, 5.41) is 8.32. The molecule has 0 saturated carbocycles. The summed E-state index contributed by atoms with van der Waals surface area (Å²) in [5.41, 5.74) is 5.22. The van der Waals surface area contributed by atoms with Gasteiger partial charge in [0.1, 0.15) is 6.04 Å². The Morgan fingerprint density at radius 1 is 1.80 bits per heavy atom. The summed E-state index contributed by atoms with van der Waals surface area (Å²) in [5.74, 6) is -0.518. The summed E-state index contributed by atoms with van der Waals surface area (Å²) < 4.78 is 0. The quantitative estimate of drug-likeness (QED) is 0.558. The standard InChI is InChI=1S/C5H11NO2S.ClH/c1-3(2-9)4(6)5(7)8;/h3-4,9H,2,6H2,1H3,(H,7,8);1H. The molecule has 2 unspecified atom stereocenters. The van der Waals surface area contributed by atoms with Gasteiger partial charge in [0.15, 0.2) is 0 Å². The molecule has 0 aliphatic heterocycles. The van der Waals surface area contributed by atoms with Crippen LogP contribution < -0.4 is 5.73 Å². The van der Waals surface area contributed by atoms with Crippen molar-refractivity contribution in [3.05, 3.63) is 0 Å². The first-order chi connectivity index (χ1) is 4.09. The van der Waals surface area contributed by atoms with E-state index in [1.807, 2.05) is 0 Å². The van der Waals surface area contributed by atoms with Crippen molar-refractivity contribution in [2.24, 2.45) is 11.7 Å². The number of aliphatic carboxylic acids is 1. The van der Waals surface area contributed by atoms with Gasteiger partial charge in [-0.3, -0.25) is 4.79 Å². The maximum absolute atomic E-state index is 10.1. The molecule has 2 atom stereocenters. The third kappa shape index (κ3) is 3.98. The van der Waals surface area contributed by atoms with E-state index in [1.54, 1.807) is 6.92 Å². The molecule has 0 bridgehead atoms. The summed E-state index contributed by atoms with van der Waals surface area (Å²) >= 11 is 3.91. The molecule has 0 radical (unpaired) electrons. The van der Waals surface area contributed by atoms with Gasteiger partial charge in [-0.1, -0.05) is 6.92 Å². The fourth-order valence-electron chi connectivity index (χ4n) is 0.357. The minimum absolute atomic E-state index is 0. The number of rotatable bonds is 3. The van der Waals surface area contributed by atoms with Crippen LogP contribution in [0.2, 0.25) is 0 Å². The van der Waals surface area contributed by atoms with Gasteiger partial charge in [-0.05, 0) is 11.7 Å². The fraction of sp³-hybridized carbons (Fsp3) is 0.800. The van der Waals surface area contributed by atoms with Crippen molar-refractivity contribution in [1.82, 2.24) is 0 Å². The summed E-state index contributed by atoms with van der Waals surface area (Å²) in [7, 11) is 0. The van der Waals surface area contributed by atoms with E-state index in [0.717, 1.165) is 0 Å². The molecule has 10 heavy (non-hydrogen) atoms. The molecule has 0 saturated heterocycles. The average Bonchev–Trinajstić information content (AvgIpc) is 1.84. The normalized spacial score (nSPS) is 15.1. The highest BCUT2D eigenvalue weighted by molar-refractivity contribution is 7.80. The second-order valence-electron chi connectivity index (χ2n) is 2.02. The second-order valence-corrected chi connectivity index (χ2v) is 2.39. The van der Waals surface area contributed by atoms with Crippen LogP contribution in [0.5, 0.6) is 0 Å². The topological polar surface area (TPSA) is 63.3 Å². The van der Waals surface area contributed by atoms with E-state index < -0.39 is 12.0 Å². The Bertz CT molecular complexity index is 112. The number of hydrogen-bond donors (Lipinski definition) is 3. The maximum atomic E-state index is 10.1. The van der Waals surface area contributed by atoms with Crippen LogP contribution in [0.15, 0.2) is 0 Å². The van der Waals surface area contributed by atoms with Crippen molar-refractivity contribution >= 4 is 31.0 Å². The van der Waals surface area contributed by atoms with Gasteiger partial charge in [-0.25, -0.2) is 0 Å². The molecule has 5 heteroatoms. The van der Waals surface area contributed by atoms with E-state index in [4.69, 9.17) is 10.8 Å². The highest BCUT2D eigenvalue weighted by Gasteiger charge is 2.17. The van der Waals surface area contributed by atoms with Gasteiger partial charge in [0.25, 0.3) is 0 Å². The fourth-order valence-corrected chi connectivity index (χ4v) is 0.584. The Hall–Kier alpha value is 0.0700. The van der Waals surface area contributed by atoms with Crippen molar-refractivity contribution < 1.29 is 9.90 Å². The van der Waals surface area contributed by atoms with Crippen LogP contribution in [0.1, 0.15) is 6.92 Å². The number of thiol groups is 1. The zero-order valence-electron chi connectivity index (χ0n) is 5.65. The number of carbonyl (C=O) groups is 1. The van der Waals surface area contributed by atoms with Crippen molar-refractivity contribution in [2.75, 3.05) is 5.75 Å². The first-order valence-electron chi connectivity index (χ1n) is 2.68. The largest absolute Gasteiger partial charge is 0.480 e. The summed E-state index contributed by atoms with van der Waals surface area (Å²) in [6, 6.07) is -0.775. The van der Waals surface area contributed by atoms with Gasteiger partial charge in [-0.15, -0.1) is 12.4 Å². The number of carboxylic acids is 1. The van der Waals surface area contributed by atoms with E-state index >= 15 is 0 Å². The van der Waals surface area contributed by atoms with Crippen molar-refractivity contribution in [2.45, 2.75) is 13.0 Å². The van der Waals surface area contributed by atoms with Gasteiger partial charge >= 0.3 is 5.97 Å². The molecule has 0 heterocycles. The summed E-state index contributed by atoms with van der Waals surface area (Å²) in [6.45, 7) is 1.76. The zero-order valence-corrected chi connectivity index (χ0v) is 7.36. The van der Waals surface area contributed by atoms with Gasteiger partial charge in [0.2, 0.25) is 0 Å². The van der Waals surface area contributed by atoms with Crippen LogP contribution in [-0.2, 0) is 4.79 Å². The molecule has 0 aliphatic rings. The second kappa shape index (κ2) is 5.82. The van der Waals surface area contributed by atoms with Crippen LogP contribution in [0.25, 0.3) is 0 Å². The Morgan fingerprint density at radius 2 is 2.20 bits per heavy atom. The first-order valence-corrected chi connectivity index (χ1v) is 3.32. The van der Waals surface area contributed by atoms with Crippen LogP contribution in [0.4, 0.5) is 0 Å². The van der Waals surface area contributed by atoms with E-state index in [9.17, 15) is 4.79 Å². The maximum Gasteiger partial charge on any atom is 0.320 e. The lowest BCUT2D eigenvalue weighted by molar-refractivity contribution is -0.139. The van der Waals surface area contributed by atoms with Gasteiger partial charge < -0.3 is 10.8 Å². The van der Waals surface area contributed by atoms with Gasteiger partial charge in [0.05, 0.1) is 0 Å². The van der Waals surface area contributed by atoms with Gasteiger partial charge in [-0.2, -0.15) is 12.6 Å². The minimum atomic E-state index is -0.962. The summed E-state index contributed by atoms with van der Waals surface area (Å²) in [4.78, 5) is 10.1. The Labute approximate surface area is 71.8 Å². The molecule has 0 amide bonds. The van der Waals surface area contributed by atoms with Crippen LogP contribution in [0.3, 0.4) is 0 Å². The number of nitrogens with two attached hydrogens (primary N) is 1. The zero-order chi connectivity index (χ0) is 7.44. The molecular formula is C5H12ClNO2S. The van der Waals surface area contributed by atoms with Crippen molar-refractivity contribution in [3.8, 4) is 0 Å². The number of hydrogen-bond acceptors (Lipinski definition) is 3. The van der Waals surface area contributed by atoms with Gasteiger partial charge in [0, 0.05) is 0 Å². The van der Waals surface area contributed by atoms with Crippen molar-refractivity contribution in [1.29, 1.82) is 0 Å². The SMILES string of the molecule is CC(CS)C(N)C(=O)O.Cl. The molecule has 0 aromatic carbocycles. The average molecular weight is 186 g/mol. The molecular weight excluding hydrogens is 174 g/mol. The monoisotopic (exact) mass is 185 g/mol. The third-order valence-corrected chi connectivity index (χ3v) is 1.76. The van der Waals surface area contributed by atoms with E-state index in [-0.39, 0.29) is 18.3 Å².